The highest BCUT2D eigenvalue weighted by Gasteiger charge is 2.26. The lowest BCUT2D eigenvalue weighted by Crippen LogP contribution is -2.23. The molecule has 5 heteroatoms. The molecule has 0 spiro atoms. The lowest BCUT2D eigenvalue weighted by Gasteiger charge is -2.28. The fraction of sp³-hybridized carbons (Fsp3) is 0.355. The second kappa shape index (κ2) is 11.9. The van der Waals surface area contributed by atoms with Crippen LogP contribution in [0.25, 0.3) is 22.3 Å². The Morgan fingerprint density at radius 3 is 2.00 bits per heavy atom. The van der Waals surface area contributed by atoms with Gasteiger partial charge in [0.25, 0.3) is 0 Å². The van der Waals surface area contributed by atoms with Crippen LogP contribution >= 0.6 is 0 Å². The van der Waals surface area contributed by atoms with Crippen LogP contribution in [0.1, 0.15) is 62.5 Å². The Bertz CT molecular complexity index is 1190. The third-order valence-corrected chi connectivity index (χ3v) is 7.09. The van der Waals surface area contributed by atoms with Crippen LogP contribution < -0.4 is 0 Å². The molecule has 1 aliphatic heterocycles. The van der Waals surface area contributed by atoms with Crippen molar-refractivity contribution in [3.8, 4) is 22.3 Å². The van der Waals surface area contributed by atoms with Crippen LogP contribution in [0.4, 0.5) is 17.6 Å². The Morgan fingerprint density at radius 1 is 0.778 bits per heavy atom. The lowest BCUT2D eigenvalue weighted by atomic mass is 9.89. The van der Waals surface area contributed by atoms with Gasteiger partial charge in [-0.15, -0.1) is 6.58 Å². The van der Waals surface area contributed by atoms with Gasteiger partial charge in [-0.2, -0.15) is 0 Å². The van der Waals surface area contributed by atoms with Crippen LogP contribution in [0.5, 0.6) is 0 Å². The molecule has 4 rings (SSSR count). The van der Waals surface area contributed by atoms with Crippen molar-refractivity contribution < 1.29 is 22.3 Å². The molecule has 3 aromatic rings. The van der Waals surface area contributed by atoms with Gasteiger partial charge in [0.05, 0.1) is 12.7 Å². The van der Waals surface area contributed by atoms with Crippen LogP contribution in [0, 0.1) is 23.3 Å². The first-order valence-electron chi connectivity index (χ1n) is 12.7. The summed E-state index contributed by atoms with van der Waals surface area (Å²) in [6.45, 7) is 6.14. The Morgan fingerprint density at radius 2 is 1.42 bits per heavy atom. The summed E-state index contributed by atoms with van der Waals surface area (Å²) < 4.78 is 65.2. The van der Waals surface area contributed by atoms with E-state index >= 15 is 4.39 Å². The number of ether oxygens (including phenoxy) is 1. The summed E-state index contributed by atoms with van der Waals surface area (Å²) in [5.74, 6) is -3.70. The summed E-state index contributed by atoms with van der Waals surface area (Å²) in [5.41, 5.74) is 1.89. The maximum absolute atomic E-state index is 15.0. The summed E-state index contributed by atoms with van der Waals surface area (Å²) in [4.78, 5) is 0. The molecule has 2 unspecified atom stereocenters. The van der Waals surface area contributed by atoms with Crippen LogP contribution in [0.3, 0.4) is 0 Å². The van der Waals surface area contributed by atoms with Gasteiger partial charge < -0.3 is 4.74 Å². The van der Waals surface area contributed by atoms with E-state index in [1.54, 1.807) is 54.6 Å². The van der Waals surface area contributed by atoms with Gasteiger partial charge in [0, 0.05) is 17.0 Å². The van der Waals surface area contributed by atoms with E-state index in [2.05, 4.69) is 13.5 Å². The number of halogens is 4. The lowest BCUT2D eigenvalue weighted by molar-refractivity contribution is 0.0320. The summed E-state index contributed by atoms with van der Waals surface area (Å²) in [7, 11) is 0. The van der Waals surface area contributed by atoms with Crippen molar-refractivity contribution in [3.05, 3.63) is 95.6 Å². The van der Waals surface area contributed by atoms with E-state index in [1.165, 1.54) is 0 Å². The third-order valence-electron chi connectivity index (χ3n) is 7.09. The van der Waals surface area contributed by atoms with Crippen LogP contribution in [0.2, 0.25) is 0 Å². The van der Waals surface area contributed by atoms with Gasteiger partial charge in [-0.1, -0.05) is 80.8 Å². The average molecular weight is 497 g/mol. The molecule has 190 valence electrons. The Balaban J connectivity index is 1.52. The van der Waals surface area contributed by atoms with Crippen molar-refractivity contribution in [2.75, 3.05) is 6.61 Å². The van der Waals surface area contributed by atoms with E-state index in [4.69, 9.17) is 4.74 Å². The fourth-order valence-electron chi connectivity index (χ4n) is 4.88. The number of hydrogen-bond acceptors (Lipinski definition) is 1. The van der Waals surface area contributed by atoms with Crippen molar-refractivity contribution in [2.24, 2.45) is 0 Å². The molecule has 0 aliphatic carbocycles. The zero-order valence-electron chi connectivity index (χ0n) is 20.6. The molecule has 0 aromatic heterocycles. The largest absolute Gasteiger partial charge is 0.374 e. The zero-order chi connectivity index (χ0) is 25.7. The van der Waals surface area contributed by atoms with E-state index in [0.29, 0.717) is 41.7 Å². The third kappa shape index (κ3) is 5.57. The van der Waals surface area contributed by atoms with Crippen LogP contribution in [-0.4, -0.2) is 12.7 Å². The number of hydrogen-bond donors (Lipinski definition) is 0. The maximum atomic E-state index is 15.0. The second-order valence-corrected chi connectivity index (χ2v) is 9.50. The van der Waals surface area contributed by atoms with E-state index in [0.717, 1.165) is 32.1 Å². The summed E-state index contributed by atoms with van der Waals surface area (Å²) in [5, 5.41) is 0. The minimum absolute atomic E-state index is 0.0488. The molecule has 0 amide bonds. The molecule has 1 saturated heterocycles. The molecule has 36 heavy (non-hydrogen) atoms. The van der Waals surface area contributed by atoms with Crippen molar-refractivity contribution in [2.45, 2.75) is 63.9 Å². The average Bonchev–Trinajstić information content (AvgIpc) is 2.91. The van der Waals surface area contributed by atoms with Gasteiger partial charge in [-0.05, 0) is 47.9 Å². The molecule has 2 atom stereocenters. The normalized spacial score (nSPS) is 17.8. The summed E-state index contributed by atoms with van der Waals surface area (Å²) in [6.07, 6.45) is 7.56. The van der Waals surface area contributed by atoms with Gasteiger partial charge in [-0.25, -0.2) is 17.6 Å². The molecule has 0 N–H and O–H groups in total. The first-order valence-corrected chi connectivity index (χ1v) is 12.7. The second-order valence-electron chi connectivity index (χ2n) is 9.50. The molecule has 1 aliphatic rings. The minimum atomic E-state index is -0.921. The molecule has 1 nitrogen and oxygen atoms in total. The maximum Gasteiger partial charge on any atom is 0.166 e. The minimum Gasteiger partial charge on any atom is -0.374 e. The van der Waals surface area contributed by atoms with Crippen molar-refractivity contribution in [1.29, 1.82) is 0 Å². The monoisotopic (exact) mass is 496 g/mol. The first kappa shape index (κ1) is 26.2. The predicted octanol–water partition coefficient (Wildman–Crippen LogP) is 9.15. The number of unbranched alkanes of at least 4 members (excludes halogenated alkanes) is 3. The van der Waals surface area contributed by atoms with E-state index < -0.39 is 23.3 Å². The standard InChI is InChI=1S/C31H32F4O/c1-3-5-6-7-8-22-14-16-25(29(33)28(22)32)20-9-11-21(12-10-20)26-17-18-27(31(35)30(26)34)23-13-15-24(4-2)36-19-23/h4,9-12,14,16-18,23-24H,2-3,5-8,13,15,19H2,1H3. The molecule has 3 aromatic carbocycles. The Kier molecular flexibility index (Phi) is 8.63. The zero-order valence-corrected chi connectivity index (χ0v) is 20.6. The molecular formula is C31H32F4O. The van der Waals surface area contributed by atoms with Crippen molar-refractivity contribution >= 4 is 0 Å². The SMILES string of the molecule is C=CC1CCC(c2ccc(-c3ccc(-c4ccc(CCCCCC)c(F)c4F)cc3)c(F)c2F)CO1. The highest BCUT2D eigenvalue weighted by Crippen LogP contribution is 2.35. The number of aryl methyl sites for hydroxylation is 1. The molecule has 1 fully saturated rings. The molecular weight excluding hydrogens is 464 g/mol. The van der Waals surface area contributed by atoms with Gasteiger partial charge >= 0.3 is 0 Å². The van der Waals surface area contributed by atoms with Crippen LogP contribution in [0.15, 0.2) is 61.2 Å². The van der Waals surface area contributed by atoms with E-state index in [9.17, 15) is 13.2 Å². The van der Waals surface area contributed by atoms with Gasteiger partial charge in [0.2, 0.25) is 0 Å². The van der Waals surface area contributed by atoms with Gasteiger partial charge in [0.15, 0.2) is 23.3 Å². The highest BCUT2D eigenvalue weighted by atomic mass is 19.2. The smallest absolute Gasteiger partial charge is 0.166 e. The van der Waals surface area contributed by atoms with Crippen molar-refractivity contribution in [1.82, 2.24) is 0 Å². The Hall–Kier alpha value is -2.92. The molecule has 0 radical (unpaired) electrons. The number of benzene rings is 3. The van der Waals surface area contributed by atoms with E-state index in [1.807, 2.05) is 0 Å². The molecule has 1 heterocycles. The van der Waals surface area contributed by atoms with Gasteiger partial charge in [-0.3, -0.25) is 0 Å². The van der Waals surface area contributed by atoms with Gasteiger partial charge in [0.1, 0.15) is 0 Å². The van der Waals surface area contributed by atoms with Crippen molar-refractivity contribution in [3.63, 3.8) is 0 Å². The summed E-state index contributed by atoms with van der Waals surface area (Å²) >= 11 is 0. The first-order chi connectivity index (χ1) is 17.4. The van der Waals surface area contributed by atoms with Crippen LogP contribution in [-0.2, 0) is 11.2 Å². The Labute approximate surface area is 210 Å². The quantitative estimate of drug-likeness (QED) is 0.163. The highest BCUT2D eigenvalue weighted by molar-refractivity contribution is 5.71. The predicted molar refractivity (Wildman–Crippen MR) is 137 cm³/mol. The number of rotatable bonds is 9. The van der Waals surface area contributed by atoms with E-state index in [-0.39, 0.29) is 23.1 Å². The molecule has 0 saturated carbocycles. The fourth-order valence-corrected chi connectivity index (χ4v) is 4.88. The topological polar surface area (TPSA) is 9.23 Å². The molecule has 0 bridgehead atoms. The summed E-state index contributed by atoms with van der Waals surface area (Å²) in [6, 6.07) is 12.8.